The fourth-order valence-electron chi connectivity index (χ4n) is 7.16. The fourth-order valence-corrected chi connectivity index (χ4v) is 7.16. The first-order valence-electron chi connectivity index (χ1n) is 26.8. The van der Waals surface area contributed by atoms with Gasteiger partial charge in [-0.3, -0.25) is 9.59 Å². The second kappa shape index (κ2) is 54.2. The smallest absolute Gasteiger partial charge is 0.306 e. The molecule has 0 aromatic heterocycles. The predicted octanol–water partition coefficient (Wildman–Crippen LogP) is 18.2. The molecule has 0 aromatic rings. The molecule has 64 heavy (non-hydrogen) atoms. The zero-order chi connectivity index (χ0) is 46.3. The van der Waals surface area contributed by atoms with Crippen LogP contribution in [-0.2, 0) is 23.8 Å². The van der Waals surface area contributed by atoms with E-state index in [1.165, 1.54) is 89.9 Å². The molecule has 0 rings (SSSR count). The van der Waals surface area contributed by atoms with Crippen LogP contribution in [0.4, 0.5) is 0 Å². The van der Waals surface area contributed by atoms with Gasteiger partial charge in [-0.15, -0.1) is 0 Å². The van der Waals surface area contributed by atoms with Crippen molar-refractivity contribution in [3.05, 3.63) is 97.2 Å². The highest BCUT2D eigenvalue weighted by Gasteiger charge is 2.17. The van der Waals surface area contributed by atoms with Crippen molar-refractivity contribution in [3.63, 3.8) is 0 Å². The first-order chi connectivity index (χ1) is 31.6. The Bertz CT molecular complexity index is 1230. The van der Waals surface area contributed by atoms with E-state index in [0.29, 0.717) is 19.4 Å². The average Bonchev–Trinajstić information content (AvgIpc) is 3.30. The minimum absolute atomic E-state index is 0.0607. The molecule has 0 aromatic carbocycles. The maximum Gasteiger partial charge on any atom is 0.306 e. The zero-order valence-corrected chi connectivity index (χ0v) is 42.0. The van der Waals surface area contributed by atoms with Crippen LogP contribution >= 0.6 is 0 Å². The van der Waals surface area contributed by atoms with E-state index < -0.39 is 6.10 Å². The van der Waals surface area contributed by atoms with Gasteiger partial charge in [0.15, 0.2) is 6.10 Å². The van der Waals surface area contributed by atoms with Crippen molar-refractivity contribution in [2.45, 2.75) is 245 Å². The molecule has 0 radical (unpaired) electrons. The van der Waals surface area contributed by atoms with Crippen molar-refractivity contribution in [3.8, 4) is 0 Å². The van der Waals surface area contributed by atoms with Crippen molar-refractivity contribution in [2.24, 2.45) is 0 Å². The third-order valence-corrected chi connectivity index (χ3v) is 11.1. The summed E-state index contributed by atoms with van der Waals surface area (Å²) in [6.07, 6.45) is 72.7. The lowest BCUT2D eigenvalue weighted by atomic mass is 10.1. The van der Waals surface area contributed by atoms with Gasteiger partial charge in [0.1, 0.15) is 6.61 Å². The quantitative estimate of drug-likeness (QED) is 0.0346. The normalized spacial score (nSPS) is 13.0. The standard InChI is InChI=1S/C59H100O5/c1-4-7-10-13-16-19-22-25-28-29-30-31-33-34-37-40-43-46-49-52-58(60)63-56-57(55-62-54-51-48-45-42-39-36-27-24-21-18-15-12-9-6-3)64-59(61)53-50-47-44-41-38-35-32-26-23-20-17-14-11-8-5-2/h7,9-10,12,16,18-19,21,25-28,30-32,36,57H,4-6,8,11,13-15,17,20,22-24,29,33-35,37-56H2,1-3H3/b10-7-,12-9-,19-16-,21-18-,28-25-,31-30-,32-26-,36-27-. The number of carbonyl (C=O) groups is 2. The van der Waals surface area contributed by atoms with E-state index in [1.54, 1.807) is 0 Å². The number of hydrogen-bond donors (Lipinski definition) is 0. The number of unbranched alkanes of at least 4 members (excludes halogenated alkanes) is 21. The van der Waals surface area contributed by atoms with Gasteiger partial charge in [-0.1, -0.05) is 208 Å². The Morgan fingerprint density at radius 2 is 0.703 bits per heavy atom. The molecule has 1 atom stereocenters. The van der Waals surface area contributed by atoms with Crippen LogP contribution < -0.4 is 0 Å². The van der Waals surface area contributed by atoms with Crippen LogP contribution in [-0.4, -0.2) is 37.9 Å². The van der Waals surface area contributed by atoms with Gasteiger partial charge in [0.05, 0.1) is 6.61 Å². The molecule has 5 nitrogen and oxygen atoms in total. The van der Waals surface area contributed by atoms with Crippen LogP contribution in [0.25, 0.3) is 0 Å². The summed E-state index contributed by atoms with van der Waals surface area (Å²) in [7, 11) is 0. The number of carbonyl (C=O) groups excluding carboxylic acids is 2. The highest BCUT2D eigenvalue weighted by molar-refractivity contribution is 5.70. The SMILES string of the molecule is CC/C=C\C/C=C\C/C=C\C/C=C\CCCCCCCCC(=O)OCC(COCCCCCC/C=C\C/C=C\C/C=C\CC)OC(=O)CCCCCCC/C=C\CCCCCCCC. The van der Waals surface area contributed by atoms with Gasteiger partial charge in [-0.2, -0.15) is 0 Å². The fraction of sp³-hybridized carbons (Fsp3) is 0.695. The molecule has 366 valence electrons. The molecule has 0 aliphatic heterocycles. The van der Waals surface area contributed by atoms with Crippen LogP contribution in [0.15, 0.2) is 97.2 Å². The molecule has 0 spiro atoms. The average molecular weight is 889 g/mol. The second-order valence-corrected chi connectivity index (χ2v) is 17.4. The van der Waals surface area contributed by atoms with Gasteiger partial charge in [0, 0.05) is 19.4 Å². The Balaban J connectivity index is 4.34. The highest BCUT2D eigenvalue weighted by atomic mass is 16.6. The van der Waals surface area contributed by atoms with E-state index in [4.69, 9.17) is 14.2 Å². The van der Waals surface area contributed by atoms with Gasteiger partial charge in [0.25, 0.3) is 0 Å². The van der Waals surface area contributed by atoms with Crippen molar-refractivity contribution >= 4 is 11.9 Å². The molecule has 0 saturated carbocycles. The molecule has 0 heterocycles. The molecule has 0 aliphatic rings. The monoisotopic (exact) mass is 889 g/mol. The van der Waals surface area contributed by atoms with Gasteiger partial charge in [0.2, 0.25) is 0 Å². The molecule has 0 saturated heterocycles. The lowest BCUT2D eigenvalue weighted by Gasteiger charge is -2.18. The summed E-state index contributed by atoms with van der Waals surface area (Å²) in [4.78, 5) is 25.4. The van der Waals surface area contributed by atoms with Crippen molar-refractivity contribution < 1.29 is 23.8 Å². The van der Waals surface area contributed by atoms with Crippen molar-refractivity contribution in [1.29, 1.82) is 0 Å². The molecular weight excluding hydrogens is 789 g/mol. The van der Waals surface area contributed by atoms with Gasteiger partial charge < -0.3 is 14.2 Å². The molecule has 5 heteroatoms. The topological polar surface area (TPSA) is 61.8 Å². The van der Waals surface area contributed by atoms with E-state index in [2.05, 4.69) is 118 Å². The summed E-state index contributed by atoms with van der Waals surface area (Å²) in [5.74, 6) is -0.437. The summed E-state index contributed by atoms with van der Waals surface area (Å²) < 4.78 is 17.4. The number of ether oxygens (including phenoxy) is 3. The first kappa shape index (κ1) is 60.8. The largest absolute Gasteiger partial charge is 0.462 e. The summed E-state index contributed by atoms with van der Waals surface area (Å²) >= 11 is 0. The summed E-state index contributed by atoms with van der Waals surface area (Å²) in [6, 6.07) is 0. The van der Waals surface area contributed by atoms with E-state index >= 15 is 0 Å². The van der Waals surface area contributed by atoms with E-state index in [-0.39, 0.29) is 25.2 Å². The summed E-state index contributed by atoms with van der Waals surface area (Å²) in [5, 5.41) is 0. The van der Waals surface area contributed by atoms with Gasteiger partial charge in [-0.05, 0) is 116 Å². The minimum Gasteiger partial charge on any atom is -0.462 e. The van der Waals surface area contributed by atoms with Crippen LogP contribution in [0.5, 0.6) is 0 Å². The van der Waals surface area contributed by atoms with Crippen LogP contribution in [0.3, 0.4) is 0 Å². The minimum atomic E-state index is -0.563. The van der Waals surface area contributed by atoms with Crippen LogP contribution in [0.1, 0.15) is 239 Å². The predicted molar refractivity (Wildman–Crippen MR) is 279 cm³/mol. The Kier molecular flexibility index (Phi) is 51.5. The Labute approximate surface area is 396 Å². The number of rotatable bonds is 48. The molecule has 0 amide bonds. The Hall–Kier alpha value is -3.18. The second-order valence-electron chi connectivity index (χ2n) is 17.4. The van der Waals surface area contributed by atoms with Crippen molar-refractivity contribution in [1.82, 2.24) is 0 Å². The maximum absolute atomic E-state index is 12.8. The third kappa shape index (κ3) is 51.5. The number of esters is 2. The summed E-state index contributed by atoms with van der Waals surface area (Å²) in [6.45, 7) is 7.53. The van der Waals surface area contributed by atoms with Gasteiger partial charge in [-0.25, -0.2) is 0 Å². The lowest BCUT2D eigenvalue weighted by molar-refractivity contribution is -0.163. The Morgan fingerprint density at radius 1 is 0.359 bits per heavy atom. The number of hydrogen-bond acceptors (Lipinski definition) is 5. The van der Waals surface area contributed by atoms with E-state index in [0.717, 1.165) is 116 Å². The molecule has 1 unspecified atom stereocenters. The molecule has 0 N–H and O–H groups in total. The first-order valence-corrected chi connectivity index (χ1v) is 26.8. The highest BCUT2D eigenvalue weighted by Crippen LogP contribution is 2.13. The van der Waals surface area contributed by atoms with Crippen LogP contribution in [0.2, 0.25) is 0 Å². The molecule has 0 fully saturated rings. The number of allylic oxidation sites excluding steroid dienone is 16. The molecule has 0 bridgehead atoms. The Morgan fingerprint density at radius 3 is 1.14 bits per heavy atom. The molecule has 0 aliphatic carbocycles. The molecular formula is C59H100O5. The van der Waals surface area contributed by atoms with Crippen LogP contribution in [0, 0.1) is 0 Å². The summed E-state index contributed by atoms with van der Waals surface area (Å²) in [5.41, 5.74) is 0. The lowest BCUT2D eigenvalue weighted by Crippen LogP contribution is -2.30. The van der Waals surface area contributed by atoms with E-state index in [9.17, 15) is 9.59 Å². The van der Waals surface area contributed by atoms with Crippen molar-refractivity contribution in [2.75, 3.05) is 19.8 Å². The zero-order valence-electron chi connectivity index (χ0n) is 42.0. The van der Waals surface area contributed by atoms with E-state index in [1.807, 2.05) is 0 Å². The third-order valence-electron chi connectivity index (χ3n) is 11.1. The van der Waals surface area contributed by atoms with Gasteiger partial charge >= 0.3 is 11.9 Å². The maximum atomic E-state index is 12.8.